The third-order valence-electron chi connectivity index (χ3n) is 4.69. The molecule has 0 amide bonds. The van der Waals surface area contributed by atoms with Crippen LogP contribution in [-0.4, -0.2) is 31.1 Å². The maximum absolute atomic E-state index is 4.59. The highest BCUT2D eigenvalue weighted by molar-refractivity contribution is 7.19. The van der Waals surface area contributed by atoms with Crippen LogP contribution in [0, 0.1) is 11.3 Å². The fraction of sp³-hybridized carbons (Fsp3) is 0.647. The molecule has 2 aromatic heterocycles. The lowest BCUT2D eigenvalue weighted by Crippen LogP contribution is -3.00. The van der Waals surface area contributed by atoms with Crippen LogP contribution in [0.2, 0.25) is 0 Å². The van der Waals surface area contributed by atoms with Gasteiger partial charge in [0.25, 0.3) is 0 Å². The van der Waals surface area contributed by atoms with Gasteiger partial charge in [-0.15, -0.1) is 11.3 Å². The zero-order valence-electron chi connectivity index (χ0n) is 14.4. The summed E-state index contributed by atoms with van der Waals surface area (Å²) in [4.78, 5) is 11.9. The summed E-state index contributed by atoms with van der Waals surface area (Å²) in [6.07, 6.45) is 5.40. The van der Waals surface area contributed by atoms with Gasteiger partial charge < -0.3 is 12.4 Å². The van der Waals surface area contributed by atoms with E-state index in [0.717, 1.165) is 16.2 Å². The van der Waals surface area contributed by atoms with Crippen molar-refractivity contribution >= 4 is 27.4 Å². The minimum Gasteiger partial charge on any atom is -1.00 e. The molecule has 1 unspecified atom stereocenters. The van der Waals surface area contributed by atoms with Gasteiger partial charge >= 0.3 is 0 Å². The van der Waals surface area contributed by atoms with Crippen LogP contribution in [-0.2, 0) is 12.8 Å². The summed E-state index contributed by atoms with van der Waals surface area (Å²) in [5.74, 6) is 1.94. The van der Waals surface area contributed by atoms with E-state index in [1.807, 2.05) is 11.3 Å². The maximum atomic E-state index is 4.59. The lowest BCUT2D eigenvalue weighted by Gasteiger charge is -2.34. The second kappa shape index (κ2) is 5.73. The Bertz CT molecular complexity index is 679. The highest BCUT2D eigenvalue weighted by Gasteiger charge is 2.33. The Morgan fingerprint density at radius 2 is 1.86 bits per heavy atom. The van der Waals surface area contributed by atoms with Crippen molar-refractivity contribution < 1.29 is 12.4 Å². The Kier molecular flexibility index (Phi) is 4.60. The van der Waals surface area contributed by atoms with Gasteiger partial charge in [0.2, 0.25) is 5.82 Å². The van der Waals surface area contributed by atoms with E-state index in [9.17, 15) is 0 Å². The molecular formula is C17H26ClN3S. The van der Waals surface area contributed by atoms with Gasteiger partial charge in [-0.1, -0.05) is 20.8 Å². The monoisotopic (exact) mass is 339 g/mol. The molecule has 0 aromatic carbocycles. The van der Waals surface area contributed by atoms with Gasteiger partial charge in [-0.3, -0.25) is 4.48 Å². The molecule has 0 saturated carbocycles. The average molecular weight is 340 g/mol. The first-order chi connectivity index (χ1) is 9.68. The first-order valence-electron chi connectivity index (χ1n) is 7.75. The summed E-state index contributed by atoms with van der Waals surface area (Å²) in [6, 6.07) is 0. The van der Waals surface area contributed by atoms with Gasteiger partial charge in [-0.05, 0) is 36.2 Å². The Morgan fingerprint density at radius 3 is 2.45 bits per heavy atom. The molecule has 1 aliphatic carbocycles. The molecule has 1 atom stereocenters. The smallest absolute Gasteiger partial charge is 0.239 e. The van der Waals surface area contributed by atoms with E-state index in [0.29, 0.717) is 5.41 Å². The number of quaternary nitrogens is 1. The van der Waals surface area contributed by atoms with Crippen molar-refractivity contribution in [3.8, 4) is 0 Å². The second-order valence-electron chi connectivity index (χ2n) is 8.20. The third kappa shape index (κ3) is 3.01. The van der Waals surface area contributed by atoms with Crippen molar-refractivity contribution in [3.63, 3.8) is 0 Å². The first kappa shape index (κ1) is 17.6. The highest BCUT2D eigenvalue weighted by atomic mass is 35.5. The number of nitrogens with zero attached hydrogens (tertiary/aromatic N) is 3. The van der Waals surface area contributed by atoms with Crippen LogP contribution in [0.1, 0.15) is 37.6 Å². The van der Waals surface area contributed by atoms with Crippen LogP contribution in [0.15, 0.2) is 6.33 Å². The Labute approximate surface area is 143 Å². The van der Waals surface area contributed by atoms with Crippen molar-refractivity contribution in [2.45, 2.75) is 40.0 Å². The zero-order chi connectivity index (χ0) is 15.4. The van der Waals surface area contributed by atoms with Gasteiger partial charge in [0.1, 0.15) is 11.2 Å². The fourth-order valence-corrected chi connectivity index (χ4v) is 4.60. The summed E-state index contributed by atoms with van der Waals surface area (Å²) >= 11 is 1.89. The van der Waals surface area contributed by atoms with Gasteiger partial charge in [0, 0.05) is 4.88 Å². The molecule has 0 fully saturated rings. The molecule has 5 heteroatoms. The number of rotatable bonds is 1. The highest BCUT2D eigenvalue weighted by Crippen LogP contribution is 2.44. The standard InChI is InChI=1S/C17H26N3S.ClH/c1-17(2,3)11-7-8-12-13(9-11)21-16-14(12)15(18-10-19-16)20(4,5)6;/h10-11H,7-9H2,1-6H3;1H/q+1;/p-1. The van der Waals surface area contributed by atoms with E-state index in [1.54, 1.807) is 11.2 Å². The summed E-state index contributed by atoms with van der Waals surface area (Å²) in [6.45, 7) is 7.10. The number of fused-ring (bicyclic) bond motifs is 3. The molecule has 2 aromatic rings. The lowest BCUT2D eigenvalue weighted by atomic mass is 9.72. The van der Waals surface area contributed by atoms with Crippen LogP contribution in [0.5, 0.6) is 0 Å². The van der Waals surface area contributed by atoms with Gasteiger partial charge in [0.15, 0.2) is 0 Å². The molecular weight excluding hydrogens is 314 g/mol. The molecule has 0 radical (unpaired) electrons. The van der Waals surface area contributed by atoms with Gasteiger partial charge in [-0.25, -0.2) is 4.98 Å². The minimum absolute atomic E-state index is 0. The predicted molar refractivity (Wildman–Crippen MR) is 92.0 cm³/mol. The third-order valence-corrected chi connectivity index (χ3v) is 5.85. The van der Waals surface area contributed by atoms with Crippen molar-refractivity contribution in [1.82, 2.24) is 14.5 Å². The molecule has 22 heavy (non-hydrogen) atoms. The summed E-state index contributed by atoms with van der Waals surface area (Å²) in [5, 5.41) is 1.33. The number of aromatic nitrogens is 2. The maximum Gasteiger partial charge on any atom is 0.239 e. The van der Waals surface area contributed by atoms with E-state index in [4.69, 9.17) is 0 Å². The van der Waals surface area contributed by atoms with E-state index >= 15 is 0 Å². The molecule has 0 aliphatic heterocycles. The average Bonchev–Trinajstić information content (AvgIpc) is 2.73. The molecule has 0 N–H and O–H groups in total. The van der Waals surface area contributed by atoms with Crippen molar-refractivity contribution in [1.29, 1.82) is 0 Å². The molecule has 3 nitrogen and oxygen atoms in total. The topological polar surface area (TPSA) is 25.8 Å². The van der Waals surface area contributed by atoms with E-state index < -0.39 is 0 Å². The van der Waals surface area contributed by atoms with Crippen LogP contribution in [0.4, 0.5) is 5.82 Å². The number of aryl methyl sites for hydroxylation is 1. The molecule has 3 rings (SSSR count). The fourth-order valence-electron chi connectivity index (χ4n) is 3.34. The van der Waals surface area contributed by atoms with Crippen molar-refractivity contribution in [3.05, 3.63) is 16.8 Å². The molecule has 1 aliphatic rings. The van der Waals surface area contributed by atoms with Crippen molar-refractivity contribution in [2.75, 3.05) is 21.1 Å². The summed E-state index contributed by atoms with van der Waals surface area (Å²) < 4.78 is 0.755. The van der Waals surface area contributed by atoms with Crippen LogP contribution >= 0.6 is 11.3 Å². The van der Waals surface area contributed by atoms with Crippen LogP contribution < -0.4 is 16.9 Å². The SMILES string of the molecule is CC(C)(C)C1CCc2c(sc3ncnc([N+](C)(C)C)c23)C1.[Cl-]. The van der Waals surface area contributed by atoms with Crippen molar-refractivity contribution in [2.24, 2.45) is 11.3 Å². The van der Waals surface area contributed by atoms with E-state index in [-0.39, 0.29) is 12.4 Å². The minimum atomic E-state index is 0. The van der Waals surface area contributed by atoms with Crippen LogP contribution in [0.3, 0.4) is 0 Å². The van der Waals surface area contributed by atoms with Crippen LogP contribution in [0.25, 0.3) is 10.2 Å². The quantitative estimate of drug-likeness (QED) is 0.726. The van der Waals surface area contributed by atoms with Gasteiger partial charge in [0.05, 0.1) is 26.5 Å². The normalized spacial score (nSPS) is 18.9. The molecule has 0 saturated heterocycles. The number of thiophene rings is 1. The molecule has 0 spiro atoms. The Balaban J connectivity index is 0.00000176. The number of halogens is 1. The first-order valence-corrected chi connectivity index (χ1v) is 8.57. The predicted octanol–water partition coefficient (Wildman–Crippen LogP) is 1.04. The number of hydrogen-bond donors (Lipinski definition) is 0. The largest absolute Gasteiger partial charge is 1.00 e. The Hall–Kier alpha value is -0.710. The number of hydrogen-bond acceptors (Lipinski definition) is 3. The molecule has 0 bridgehead atoms. The lowest BCUT2D eigenvalue weighted by molar-refractivity contribution is -0.00000526. The summed E-state index contributed by atoms with van der Waals surface area (Å²) in [7, 11) is 6.56. The van der Waals surface area contributed by atoms with E-state index in [2.05, 4.69) is 51.9 Å². The zero-order valence-corrected chi connectivity index (χ0v) is 16.0. The second-order valence-corrected chi connectivity index (χ2v) is 9.28. The van der Waals surface area contributed by atoms with E-state index in [1.165, 1.54) is 35.0 Å². The Morgan fingerprint density at radius 1 is 1.18 bits per heavy atom. The molecule has 122 valence electrons. The summed E-state index contributed by atoms with van der Waals surface area (Å²) in [5.41, 5.74) is 1.92. The van der Waals surface area contributed by atoms with Gasteiger partial charge in [-0.2, -0.15) is 4.98 Å². The molecule has 2 heterocycles.